The summed E-state index contributed by atoms with van der Waals surface area (Å²) in [6.45, 7) is 4.73. The Labute approximate surface area is 138 Å². The van der Waals surface area contributed by atoms with Crippen LogP contribution in [0.2, 0.25) is 0 Å². The standard InChI is InChI=1S/C19H28BrN/c1-2-15-6-5-10-19(11-9-15)12-13-21-14-17(19)16-7-3-4-8-18(16)20/h3-4,7-8,15,17,21H,2,5-6,9-14H2,1H3. The Bertz CT molecular complexity index is 472. The molecule has 0 amide bonds. The lowest BCUT2D eigenvalue weighted by atomic mass is 9.63. The van der Waals surface area contributed by atoms with E-state index in [2.05, 4.69) is 52.4 Å². The van der Waals surface area contributed by atoms with Crippen LogP contribution >= 0.6 is 15.9 Å². The van der Waals surface area contributed by atoms with E-state index in [0.29, 0.717) is 11.3 Å². The van der Waals surface area contributed by atoms with Crippen LogP contribution in [0, 0.1) is 11.3 Å². The van der Waals surface area contributed by atoms with Gasteiger partial charge in [0.2, 0.25) is 0 Å². The molecule has 3 unspecified atom stereocenters. The molecular formula is C19H28BrN. The maximum Gasteiger partial charge on any atom is 0.0210 e. The summed E-state index contributed by atoms with van der Waals surface area (Å²) in [6, 6.07) is 8.89. The van der Waals surface area contributed by atoms with E-state index in [1.165, 1.54) is 61.5 Å². The van der Waals surface area contributed by atoms with Crippen LogP contribution in [0.5, 0.6) is 0 Å². The lowest BCUT2D eigenvalue weighted by molar-refractivity contribution is 0.134. The molecule has 0 aromatic heterocycles. The van der Waals surface area contributed by atoms with Crippen molar-refractivity contribution in [3.8, 4) is 0 Å². The Morgan fingerprint density at radius 3 is 2.86 bits per heavy atom. The number of piperidine rings is 1. The molecule has 3 atom stereocenters. The zero-order valence-corrected chi connectivity index (χ0v) is 14.8. The number of hydrogen-bond donors (Lipinski definition) is 1. The molecule has 0 radical (unpaired) electrons. The second-order valence-electron chi connectivity index (χ2n) is 7.10. The highest BCUT2D eigenvalue weighted by Crippen LogP contribution is 2.52. The molecule has 116 valence electrons. The number of rotatable bonds is 2. The molecule has 1 aliphatic heterocycles. The Hall–Kier alpha value is -0.340. The molecule has 2 fully saturated rings. The van der Waals surface area contributed by atoms with E-state index in [4.69, 9.17) is 0 Å². The van der Waals surface area contributed by atoms with Gasteiger partial charge in [0, 0.05) is 16.9 Å². The van der Waals surface area contributed by atoms with E-state index in [1.54, 1.807) is 0 Å². The predicted octanol–water partition coefficient (Wildman–Crippen LogP) is 5.50. The molecule has 21 heavy (non-hydrogen) atoms. The molecule has 1 spiro atoms. The van der Waals surface area contributed by atoms with Gasteiger partial charge in [-0.2, -0.15) is 0 Å². The SMILES string of the molecule is CCC1CCCC2(CCNCC2c2ccccc2Br)CC1. The summed E-state index contributed by atoms with van der Waals surface area (Å²) in [5.74, 6) is 1.65. The topological polar surface area (TPSA) is 12.0 Å². The van der Waals surface area contributed by atoms with Crippen molar-refractivity contribution in [1.29, 1.82) is 0 Å². The lowest BCUT2D eigenvalue weighted by Gasteiger charge is -2.45. The molecule has 2 aliphatic rings. The Morgan fingerprint density at radius 2 is 2.05 bits per heavy atom. The number of hydrogen-bond acceptors (Lipinski definition) is 1. The Balaban J connectivity index is 1.89. The predicted molar refractivity (Wildman–Crippen MR) is 93.7 cm³/mol. The highest BCUT2D eigenvalue weighted by molar-refractivity contribution is 9.10. The van der Waals surface area contributed by atoms with Crippen molar-refractivity contribution in [2.45, 2.75) is 57.8 Å². The third-order valence-electron chi connectivity index (χ3n) is 6.08. The van der Waals surface area contributed by atoms with Gasteiger partial charge in [0.15, 0.2) is 0 Å². The van der Waals surface area contributed by atoms with Crippen molar-refractivity contribution < 1.29 is 0 Å². The van der Waals surface area contributed by atoms with Gasteiger partial charge in [0.1, 0.15) is 0 Å². The van der Waals surface area contributed by atoms with Gasteiger partial charge >= 0.3 is 0 Å². The first-order chi connectivity index (χ1) is 10.2. The van der Waals surface area contributed by atoms with Crippen molar-refractivity contribution in [3.63, 3.8) is 0 Å². The van der Waals surface area contributed by atoms with Crippen LogP contribution in [0.25, 0.3) is 0 Å². The Kier molecular flexibility index (Phi) is 5.06. The first-order valence-corrected chi connectivity index (χ1v) is 9.49. The second-order valence-corrected chi connectivity index (χ2v) is 7.95. The van der Waals surface area contributed by atoms with E-state index < -0.39 is 0 Å². The summed E-state index contributed by atoms with van der Waals surface area (Å²) < 4.78 is 1.30. The average Bonchev–Trinajstić information content (AvgIpc) is 2.72. The number of nitrogens with one attached hydrogen (secondary N) is 1. The molecular weight excluding hydrogens is 322 g/mol. The fraction of sp³-hybridized carbons (Fsp3) is 0.684. The van der Waals surface area contributed by atoms with Crippen molar-refractivity contribution in [2.75, 3.05) is 13.1 Å². The minimum Gasteiger partial charge on any atom is -0.316 e. The van der Waals surface area contributed by atoms with Crippen LogP contribution < -0.4 is 5.32 Å². The van der Waals surface area contributed by atoms with Crippen LogP contribution in [0.3, 0.4) is 0 Å². The highest BCUT2D eigenvalue weighted by Gasteiger charge is 2.42. The van der Waals surface area contributed by atoms with Gasteiger partial charge in [-0.25, -0.2) is 0 Å². The highest BCUT2D eigenvalue weighted by atomic mass is 79.9. The summed E-state index contributed by atoms with van der Waals surface area (Å²) in [4.78, 5) is 0. The first-order valence-electron chi connectivity index (χ1n) is 8.70. The molecule has 1 aromatic rings. The zero-order valence-electron chi connectivity index (χ0n) is 13.2. The fourth-order valence-electron chi connectivity index (χ4n) is 4.68. The molecule has 1 aromatic carbocycles. The summed E-state index contributed by atoms with van der Waals surface area (Å²) in [5.41, 5.74) is 2.07. The molecule has 1 N–H and O–H groups in total. The maximum absolute atomic E-state index is 3.80. The number of halogens is 1. The minimum atomic E-state index is 0.541. The molecule has 1 saturated heterocycles. The van der Waals surface area contributed by atoms with Gasteiger partial charge in [0.05, 0.1) is 0 Å². The molecule has 3 rings (SSSR count). The molecule has 1 aliphatic carbocycles. The minimum absolute atomic E-state index is 0.541. The molecule has 0 bridgehead atoms. The van der Waals surface area contributed by atoms with E-state index in [9.17, 15) is 0 Å². The first kappa shape index (κ1) is 15.6. The van der Waals surface area contributed by atoms with Gasteiger partial charge < -0.3 is 5.32 Å². The smallest absolute Gasteiger partial charge is 0.0210 e. The van der Waals surface area contributed by atoms with Crippen LogP contribution in [-0.2, 0) is 0 Å². The van der Waals surface area contributed by atoms with Crippen LogP contribution in [0.1, 0.15) is 63.4 Å². The largest absolute Gasteiger partial charge is 0.316 e. The van der Waals surface area contributed by atoms with Gasteiger partial charge in [-0.05, 0) is 55.2 Å². The van der Waals surface area contributed by atoms with Gasteiger partial charge in [-0.1, -0.05) is 60.3 Å². The molecule has 1 saturated carbocycles. The van der Waals surface area contributed by atoms with Crippen molar-refractivity contribution >= 4 is 15.9 Å². The Morgan fingerprint density at radius 1 is 1.19 bits per heavy atom. The average molecular weight is 350 g/mol. The molecule has 1 heterocycles. The van der Waals surface area contributed by atoms with Gasteiger partial charge in [-0.15, -0.1) is 0 Å². The van der Waals surface area contributed by atoms with E-state index in [0.717, 1.165) is 12.5 Å². The monoisotopic (exact) mass is 349 g/mol. The van der Waals surface area contributed by atoms with Crippen molar-refractivity contribution in [1.82, 2.24) is 5.32 Å². The third-order valence-corrected chi connectivity index (χ3v) is 6.81. The normalized spacial score (nSPS) is 33.8. The fourth-order valence-corrected chi connectivity index (χ4v) is 5.24. The van der Waals surface area contributed by atoms with Crippen LogP contribution in [0.15, 0.2) is 28.7 Å². The van der Waals surface area contributed by atoms with E-state index in [1.807, 2.05) is 0 Å². The summed E-state index contributed by atoms with van der Waals surface area (Å²) in [7, 11) is 0. The van der Waals surface area contributed by atoms with Crippen LogP contribution in [0.4, 0.5) is 0 Å². The summed E-state index contributed by atoms with van der Waals surface area (Å²) >= 11 is 3.80. The lowest BCUT2D eigenvalue weighted by Crippen LogP contribution is -2.43. The van der Waals surface area contributed by atoms with Gasteiger partial charge in [0.25, 0.3) is 0 Å². The third kappa shape index (κ3) is 3.22. The molecule has 2 heteroatoms. The molecule has 1 nitrogen and oxygen atoms in total. The van der Waals surface area contributed by atoms with Crippen molar-refractivity contribution in [2.24, 2.45) is 11.3 Å². The maximum atomic E-state index is 3.80. The second kappa shape index (κ2) is 6.83. The van der Waals surface area contributed by atoms with Crippen molar-refractivity contribution in [3.05, 3.63) is 34.3 Å². The summed E-state index contributed by atoms with van der Waals surface area (Å²) in [5, 5.41) is 3.66. The summed E-state index contributed by atoms with van der Waals surface area (Å²) in [6.07, 6.45) is 9.91. The van der Waals surface area contributed by atoms with E-state index >= 15 is 0 Å². The number of benzene rings is 1. The zero-order chi connectivity index (χ0) is 14.7. The van der Waals surface area contributed by atoms with Crippen LogP contribution in [-0.4, -0.2) is 13.1 Å². The quantitative estimate of drug-likeness (QED) is 0.742. The van der Waals surface area contributed by atoms with E-state index in [-0.39, 0.29) is 0 Å². The van der Waals surface area contributed by atoms with Gasteiger partial charge in [-0.3, -0.25) is 0 Å².